The van der Waals surface area contributed by atoms with E-state index in [1.807, 2.05) is 0 Å². The maximum absolute atomic E-state index is 10.9. The molecule has 1 nitrogen and oxygen atoms in total. The standard InChI is InChI=1S/C7H12Br2O/c1-6(10)7(2-4-8)3-5-9/h7H,2-5H2,1H3. The van der Waals surface area contributed by atoms with Gasteiger partial charge in [-0.3, -0.25) is 4.79 Å². The van der Waals surface area contributed by atoms with E-state index < -0.39 is 0 Å². The second-order valence-electron chi connectivity index (χ2n) is 2.26. The number of hydrogen-bond donors (Lipinski definition) is 0. The SMILES string of the molecule is CC(=O)C(CCBr)CCBr. The molecule has 0 atom stereocenters. The minimum Gasteiger partial charge on any atom is -0.300 e. The van der Waals surface area contributed by atoms with E-state index in [1.165, 1.54) is 0 Å². The number of rotatable bonds is 5. The molecule has 0 unspecified atom stereocenters. The Morgan fingerprint density at radius 1 is 1.30 bits per heavy atom. The fourth-order valence-electron chi connectivity index (χ4n) is 0.814. The van der Waals surface area contributed by atoms with Crippen LogP contribution in [0.4, 0.5) is 0 Å². The summed E-state index contributed by atoms with van der Waals surface area (Å²) in [5.41, 5.74) is 0. The Hall–Kier alpha value is 0.630. The lowest BCUT2D eigenvalue weighted by Crippen LogP contribution is -2.11. The average molecular weight is 272 g/mol. The molecule has 0 amide bonds. The van der Waals surface area contributed by atoms with Crippen molar-refractivity contribution in [2.75, 3.05) is 10.7 Å². The van der Waals surface area contributed by atoms with Crippen molar-refractivity contribution in [1.82, 2.24) is 0 Å². The van der Waals surface area contributed by atoms with E-state index >= 15 is 0 Å². The van der Waals surface area contributed by atoms with E-state index in [0.717, 1.165) is 23.5 Å². The number of carbonyl (C=O) groups is 1. The molecule has 0 aromatic carbocycles. The highest BCUT2D eigenvalue weighted by molar-refractivity contribution is 9.09. The van der Waals surface area contributed by atoms with Gasteiger partial charge in [-0.15, -0.1) is 0 Å². The summed E-state index contributed by atoms with van der Waals surface area (Å²) in [6, 6.07) is 0. The van der Waals surface area contributed by atoms with Crippen LogP contribution in [0.25, 0.3) is 0 Å². The Morgan fingerprint density at radius 2 is 1.70 bits per heavy atom. The first-order valence-electron chi connectivity index (χ1n) is 3.34. The topological polar surface area (TPSA) is 17.1 Å². The van der Waals surface area contributed by atoms with E-state index in [9.17, 15) is 4.79 Å². The summed E-state index contributed by atoms with van der Waals surface area (Å²) in [5.74, 6) is 0.553. The molecule has 3 heteroatoms. The lowest BCUT2D eigenvalue weighted by molar-refractivity contribution is -0.120. The van der Waals surface area contributed by atoms with E-state index in [1.54, 1.807) is 6.92 Å². The van der Waals surface area contributed by atoms with Gasteiger partial charge in [-0.1, -0.05) is 31.9 Å². The minimum absolute atomic E-state index is 0.249. The highest BCUT2D eigenvalue weighted by atomic mass is 79.9. The van der Waals surface area contributed by atoms with Crippen LogP contribution in [0.15, 0.2) is 0 Å². The van der Waals surface area contributed by atoms with Crippen LogP contribution in [0, 0.1) is 5.92 Å². The Bertz CT molecular complexity index is 97.8. The molecule has 60 valence electrons. The van der Waals surface area contributed by atoms with Gasteiger partial charge >= 0.3 is 0 Å². The summed E-state index contributed by atoms with van der Waals surface area (Å²) in [4.78, 5) is 10.9. The molecule has 0 bridgehead atoms. The fraction of sp³-hybridized carbons (Fsp3) is 0.857. The van der Waals surface area contributed by atoms with Gasteiger partial charge in [-0.25, -0.2) is 0 Å². The molecule has 0 aromatic heterocycles. The van der Waals surface area contributed by atoms with Crippen molar-refractivity contribution in [2.45, 2.75) is 19.8 Å². The zero-order chi connectivity index (χ0) is 7.98. The summed E-state index contributed by atoms with van der Waals surface area (Å²) in [7, 11) is 0. The van der Waals surface area contributed by atoms with Gasteiger partial charge in [0.2, 0.25) is 0 Å². The molecular formula is C7H12Br2O. The highest BCUT2D eigenvalue weighted by Crippen LogP contribution is 2.12. The molecule has 10 heavy (non-hydrogen) atoms. The number of ketones is 1. The van der Waals surface area contributed by atoms with Gasteiger partial charge < -0.3 is 0 Å². The maximum Gasteiger partial charge on any atom is 0.132 e. The Labute approximate surface area is 78.8 Å². The van der Waals surface area contributed by atoms with Crippen molar-refractivity contribution in [3.63, 3.8) is 0 Å². The molecule has 0 fully saturated rings. The minimum atomic E-state index is 0.249. The Morgan fingerprint density at radius 3 is 1.90 bits per heavy atom. The summed E-state index contributed by atoms with van der Waals surface area (Å²) in [6.45, 7) is 1.66. The Balaban J connectivity index is 3.61. The number of Topliss-reactive ketones (excluding diaryl/α,β-unsaturated/α-hetero) is 1. The van der Waals surface area contributed by atoms with Crippen LogP contribution in [0.1, 0.15) is 19.8 Å². The maximum atomic E-state index is 10.9. The predicted octanol–water partition coefficient (Wildman–Crippen LogP) is 2.76. The van der Waals surface area contributed by atoms with Crippen molar-refractivity contribution in [1.29, 1.82) is 0 Å². The van der Waals surface area contributed by atoms with Crippen LogP contribution in [0.2, 0.25) is 0 Å². The van der Waals surface area contributed by atoms with Gasteiger partial charge in [-0.05, 0) is 19.8 Å². The zero-order valence-electron chi connectivity index (χ0n) is 6.07. The molecule has 0 heterocycles. The lowest BCUT2D eigenvalue weighted by atomic mass is 10.00. The summed E-state index contributed by atoms with van der Waals surface area (Å²) in [5, 5.41) is 1.84. The first-order chi connectivity index (χ1) is 4.72. The normalized spacial score (nSPS) is 10.4. The third-order valence-electron chi connectivity index (χ3n) is 1.49. The van der Waals surface area contributed by atoms with Gasteiger partial charge in [0.1, 0.15) is 5.78 Å². The number of hydrogen-bond acceptors (Lipinski definition) is 1. The van der Waals surface area contributed by atoms with Gasteiger partial charge in [0.05, 0.1) is 0 Å². The van der Waals surface area contributed by atoms with Gasteiger partial charge in [0.25, 0.3) is 0 Å². The second kappa shape index (κ2) is 6.35. The van der Waals surface area contributed by atoms with E-state index in [-0.39, 0.29) is 5.92 Å². The molecule has 0 aliphatic heterocycles. The van der Waals surface area contributed by atoms with Crippen molar-refractivity contribution >= 4 is 37.6 Å². The molecular weight excluding hydrogens is 260 g/mol. The fourth-order valence-corrected chi connectivity index (χ4v) is 1.92. The summed E-state index contributed by atoms with van der Waals surface area (Å²) < 4.78 is 0. The molecule has 0 rings (SSSR count). The summed E-state index contributed by atoms with van der Waals surface area (Å²) in [6.07, 6.45) is 1.92. The van der Waals surface area contributed by atoms with Crippen LogP contribution in [-0.2, 0) is 4.79 Å². The number of halogens is 2. The van der Waals surface area contributed by atoms with E-state index in [2.05, 4.69) is 31.9 Å². The third-order valence-corrected chi connectivity index (χ3v) is 2.41. The van der Waals surface area contributed by atoms with Crippen LogP contribution in [-0.4, -0.2) is 16.4 Å². The lowest BCUT2D eigenvalue weighted by Gasteiger charge is -2.08. The zero-order valence-corrected chi connectivity index (χ0v) is 9.24. The van der Waals surface area contributed by atoms with Crippen LogP contribution in [0.3, 0.4) is 0 Å². The first-order valence-corrected chi connectivity index (χ1v) is 5.59. The largest absolute Gasteiger partial charge is 0.300 e. The highest BCUT2D eigenvalue weighted by Gasteiger charge is 2.11. The molecule has 0 aliphatic rings. The number of alkyl halides is 2. The van der Waals surface area contributed by atoms with Gasteiger partial charge in [-0.2, -0.15) is 0 Å². The average Bonchev–Trinajstić information content (AvgIpc) is 1.87. The monoisotopic (exact) mass is 270 g/mol. The van der Waals surface area contributed by atoms with Gasteiger partial charge in [0, 0.05) is 16.6 Å². The molecule has 0 saturated carbocycles. The van der Waals surface area contributed by atoms with Crippen LogP contribution < -0.4 is 0 Å². The van der Waals surface area contributed by atoms with Crippen LogP contribution >= 0.6 is 31.9 Å². The van der Waals surface area contributed by atoms with Crippen molar-refractivity contribution in [3.8, 4) is 0 Å². The molecule has 0 saturated heterocycles. The van der Waals surface area contributed by atoms with E-state index in [4.69, 9.17) is 0 Å². The smallest absolute Gasteiger partial charge is 0.132 e. The first kappa shape index (κ1) is 10.6. The second-order valence-corrected chi connectivity index (χ2v) is 3.85. The van der Waals surface area contributed by atoms with E-state index in [0.29, 0.717) is 5.78 Å². The van der Waals surface area contributed by atoms with Crippen molar-refractivity contribution in [2.24, 2.45) is 5.92 Å². The van der Waals surface area contributed by atoms with Crippen LogP contribution in [0.5, 0.6) is 0 Å². The molecule has 0 spiro atoms. The third kappa shape index (κ3) is 4.45. The Kier molecular flexibility index (Phi) is 6.75. The van der Waals surface area contributed by atoms with Crippen molar-refractivity contribution < 1.29 is 4.79 Å². The molecule has 0 radical (unpaired) electrons. The summed E-state index contributed by atoms with van der Waals surface area (Å²) >= 11 is 6.64. The quantitative estimate of drug-likeness (QED) is 0.703. The number of carbonyl (C=O) groups excluding carboxylic acids is 1. The molecule has 0 N–H and O–H groups in total. The van der Waals surface area contributed by atoms with Gasteiger partial charge in [0.15, 0.2) is 0 Å². The predicted molar refractivity (Wildman–Crippen MR) is 51.0 cm³/mol. The molecule has 0 aliphatic carbocycles. The molecule has 0 aromatic rings. The van der Waals surface area contributed by atoms with Crippen molar-refractivity contribution in [3.05, 3.63) is 0 Å².